The maximum atomic E-state index is 12.6. The van der Waals surface area contributed by atoms with E-state index in [4.69, 9.17) is 4.74 Å². The van der Waals surface area contributed by atoms with Crippen LogP contribution in [0.5, 0.6) is 5.75 Å². The summed E-state index contributed by atoms with van der Waals surface area (Å²) in [6.45, 7) is 5.64. The number of esters is 1. The lowest BCUT2D eigenvalue weighted by Crippen LogP contribution is -2.32. The van der Waals surface area contributed by atoms with Crippen LogP contribution in [0.15, 0.2) is 23.0 Å². The Morgan fingerprint density at radius 3 is 2.77 bits per heavy atom. The number of carbonyl (C=O) groups excluding carboxylic acids is 1. The Hall–Kier alpha value is -3.05. The fourth-order valence-electron chi connectivity index (χ4n) is 2.27. The molecule has 26 heavy (non-hydrogen) atoms. The molecule has 2 N–H and O–H groups in total. The number of nitriles is 1. The molecule has 1 aromatic heterocycles. The smallest absolute Gasteiger partial charge is 0.351 e. The molecule has 0 amide bonds. The van der Waals surface area contributed by atoms with Gasteiger partial charge in [0.2, 0.25) is 0 Å². The number of aromatic hydroxyl groups is 1. The number of phenolic OH excluding ortho intramolecular Hbond substituents is 1. The first-order chi connectivity index (χ1) is 12.4. The molecule has 1 aromatic carbocycles. The van der Waals surface area contributed by atoms with Crippen LogP contribution < -0.4 is 20.1 Å². The minimum atomic E-state index is -0.743. The van der Waals surface area contributed by atoms with Crippen molar-refractivity contribution in [2.45, 2.75) is 27.3 Å². The molecule has 0 aliphatic carbocycles. The number of thiazole rings is 1. The standard InChI is InChI=1S/C18H19N3O4S/c1-4-21-16(23)15(10-20-12-6-7-14(22)11(3)8-12)26-17(21)13(9-19)18(24)25-5-2/h6-8,10,20,22H,4-5H2,1-3H3. The Morgan fingerprint density at radius 2 is 2.19 bits per heavy atom. The predicted octanol–water partition coefficient (Wildman–Crippen LogP) is 1.03. The molecule has 7 nitrogen and oxygen atoms in total. The molecule has 0 saturated carbocycles. The molecule has 2 rings (SSSR count). The molecule has 1 heterocycles. The Labute approximate surface area is 154 Å². The number of hydrogen-bond donors (Lipinski definition) is 2. The molecule has 0 fully saturated rings. The highest BCUT2D eigenvalue weighted by Crippen LogP contribution is 2.19. The number of anilines is 1. The van der Waals surface area contributed by atoms with Gasteiger partial charge in [-0.05, 0) is 44.5 Å². The number of aryl methyl sites for hydroxylation is 1. The third kappa shape index (κ3) is 3.95. The summed E-state index contributed by atoms with van der Waals surface area (Å²) in [4.78, 5) is 24.5. The molecule has 136 valence electrons. The summed E-state index contributed by atoms with van der Waals surface area (Å²) in [5, 5.41) is 21.9. The van der Waals surface area contributed by atoms with Gasteiger partial charge in [0.15, 0.2) is 5.57 Å². The highest BCUT2D eigenvalue weighted by atomic mass is 32.1. The van der Waals surface area contributed by atoms with Crippen LogP contribution in [-0.4, -0.2) is 22.2 Å². The predicted molar refractivity (Wildman–Crippen MR) is 100 cm³/mol. The number of carbonyl (C=O) groups is 1. The number of hydrogen-bond acceptors (Lipinski definition) is 7. The van der Waals surface area contributed by atoms with Gasteiger partial charge in [0.25, 0.3) is 5.56 Å². The molecule has 0 spiro atoms. The number of rotatable bonds is 5. The first kappa shape index (κ1) is 19.3. The van der Waals surface area contributed by atoms with Gasteiger partial charge in [0.05, 0.1) is 6.61 Å². The summed E-state index contributed by atoms with van der Waals surface area (Å²) in [5.74, 6) is -0.558. The zero-order chi connectivity index (χ0) is 19.3. The van der Waals surface area contributed by atoms with Crippen molar-refractivity contribution in [1.29, 1.82) is 5.26 Å². The van der Waals surface area contributed by atoms with Crippen LogP contribution in [0.2, 0.25) is 0 Å². The third-order valence-electron chi connectivity index (χ3n) is 3.60. The van der Waals surface area contributed by atoms with Crippen LogP contribution in [0, 0.1) is 18.3 Å². The van der Waals surface area contributed by atoms with Crippen molar-refractivity contribution in [1.82, 2.24) is 4.57 Å². The fourth-order valence-corrected chi connectivity index (χ4v) is 3.35. The summed E-state index contributed by atoms with van der Waals surface area (Å²) in [6, 6.07) is 6.81. The molecule has 0 atom stereocenters. The highest BCUT2D eigenvalue weighted by molar-refractivity contribution is 7.07. The van der Waals surface area contributed by atoms with Gasteiger partial charge < -0.3 is 15.2 Å². The number of phenols is 1. The first-order valence-corrected chi connectivity index (χ1v) is 8.82. The van der Waals surface area contributed by atoms with E-state index in [1.165, 1.54) is 10.8 Å². The lowest BCUT2D eigenvalue weighted by Gasteiger charge is -2.03. The number of nitrogens with one attached hydrogen (secondary N) is 1. The Balaban J connectivity index is 2.56. The van der Waals surface area contributed by atoms with Crippen molar-refractivity contribution in [2.24, 2.45) is 0 Å². The first-order valence-electron chi connectivity index (χ1n) is 8.00. The molecular weight excluding hydrogens is 354 g/mol. The van der Waals surface area contributed by atoms with Crippen molar-refractivity contribution >= 4 is 34.8 Å². The SMILES string of the molecule is CCOC(=O)C(C#N)=c1sc(=CNc2ccc(O)c(C)c2)c(=O)n1CC. The van der Waals surface area contributed by atoms with E-state index in [0.717, 1.165) is 11.3 Å². The van der Waals surface area contributed by atoms with Crippen molar-refractivity contribution in [3.63, 3.8) is 0 Å². The summed E-state index contributed by atoms with van der Waals surface area (Å²) >= 11 is 1.05. The Bertz CT molecular complexity index is 1040. The summed E-state index contributed by atoms with van der Waals surface area (Å²) in [5.41, 5.74) is 0.916. The fraction of sp³-hybridized carbons (Fsp3) is 0.278. The van der Waals surface area contributed by atoms with Gasteiger partial charge in [-0.3, -0.25) is 9.36 Å². The normalized spacial score (nSPS) is 12.5. The largest absolute Gasteiger partial charge is 0.508 e. The summed E-state index contributed by atoms with van der Waals surface area (Å²) < 4.78 is 6.89. The molecule has 8 heteroatoms. The van der Waals surface area contributed by atoms with Crippen molar-refractivity contribution in [2.75, 3.05) is 11.9 Å². The maximum absolute atomic E-state index is 12.6. The molecule has 2 aromatic rings. The van der Waals surface area contributed by atoms with Gasteiger partial charge >= 0.3 is 5.97 Å². The molecule has 0 unspecified atom stereocenters. The third-order valence-corrected chi connectivity index (χ3v) is 4.73. The lowest BCUT2D eigenvalue weighted by molar-refractivity contribution is -0.136. The number of aromatic nitrogens is 1. The number of nitrogens with zero attached hydrogens (tertiary/aromatic N) is 2. The molecule has 0 bridgehead atoms. The lowest BCUT2D eigenvalue weighted by atomic mass is 10.2. The molecule has 0 aliphatic heterocycles. The van der Waals surface area contributed by atoms with Gasteiger partial charge in [0.1, 0.15) is 21.0 Å². The van der Waals surface area contributed by atoms with Gasteiger partial charge in [0, 0.05) is 18.4 Å². The van der Waals surface area contributed by atoms with Crippen LogP contribution in [0.1, 0.15) is 19.4 Å². The molecule has 0 aliphatic rings. The van der Waals surface area contributed by atoms with Crippen LogP contribution in [0.25, 0.3) is 11.8 Å². The molecular formula is C18H19N3O4S. The second-order valence-electron chi connectivity index (χ2n) is 5.32. The van der Waals surface area contributed by atoms with Crippen molar-refractivity contribution in [3.8, 4) is 11.8 Å². The minimum Gasteiger partial charge on any atom is -0.508 e. The monoisotopic (exact) mass is 373 g/mol. The zero-order valence-electron chi connectivity index (χ0n) is 14.7. The van der Waals surface area contributed by atoms with Gasteiger partial charge in [-0.1, -0.05) is 0 Å². The molecule has 0 radical (unpaired) electrons. The Kier molecular flexibility index (Phi) is 6.20. The highest BCUT2D eigenvalue weighted by Gasteiger charge is 2.16. The second kappa shape index (κ2) is 8.36. The van der Waals surface area contributed by atoms with E-state index >= 15 is 0 Å². The number of benzene rings is 1. The second-order valence-corrected chi connectivity index (χ2v) is 6.35. The van der Waals surface area contributed by atoms with Crippen LogP contribution in [0.4, 0.5) is 5.69 Å². The van der Waals surface area contributed by atoms with E-state index in [1.54, 1.807) is 39.0 Å². The van der Waals surface area contributed by atoms with E-state index in [9.17, 15) is 20.0 Å². The number of ether oxygens (including phenoxy) is 1. The average molecular weight is 373 g/mol. The summed E-state index contributed by atoms with van der Waals surface area (Å²) in [6.07, 6.45) is 1.52. The van der Waals surface area contributed by atoms with Crippen molar-refractivity contribution in [3.05, 3.63) is 43.3 Å². The van der Waals surface area contributed by atoms with Gasteiger partial charge in [-0.25, -0.2) is 4.79 Å². The minimum absolute atomic E-state index is 0.145. The topological polar surface area (TPSA) is 104 Å². The maximum Gasteiger partial charge on any atom is 0.351 e. The van der Waals surface area contributed by atoms with E-state index in [2.05, 4.69) is 5.32 Å². The molecule has 0 saturated heterocycles. The average Bonchev–Trinajstić information content (AvgIpc) is 2.92. The van der Waals surface area contributed by atoms with Crippen LogP contribution in [0.3, 0.4) is 0 Å². The van der Waals surface area contributed by atoms with Crippen LogP contribution in [-0.2, 0) is 16.1 Å². The summed E-state index contributed by atoms with van der Waals surface area (Å²) in [7, 11) is 0. The van der Waals surface area contributed by atoms with E-state index in [-0.39, 0.29) is 28.2 Å². The van der Waals surface area contributed by atoms with Crippen LogP contribution >= 0.6 is 11.3 Å². The quantitative estimate of drug-likeness (QED) is 0.599. The van der Waals surface area contributed by atoms with E-state index in [1.807, 2.05) is 6.07 Å². The van der Waals surface area contributed by atoms with E-state index in [0.29, 0.717) is 22.3 Å². The Morgan fingerprint density at radius 1 is 1.46 bits per heavy atom. The van der Waals surface area contributed by atoms with Crippen molar-refractivity contribution < 1.29 is 14.6 Å². The van der Waals surface area contributed by atoms with Gasteiger partial charge in [-0.15, -0.1) is 11.3 Å². The van der Waals surface area contributed by atoms with Gasteiger partial charge in [-0.2, -0.15) is 5.26 Å². The van der Waals surface area contributed by atoms with E-state index < -0.39 is 5.97 Å². The zero-order valence-corrected chi connectivity index (χ0v) is 15.5.